The van der Waals surface area contributed by atoms with E-state index in [9.17, 15) is 32.3 Å². The molecule has 42 heavy (non-hydrogen) atoms. The van der Waals surface area contributed by atoms with Crippen LogP contribution in [0.15, 0.2) is 90.6 Å². The molecule has 0 unspecified atom stereocenters. The molecule has 0 spiro atoms. The molecule has 11 heteroatoms. The molecular weight excluding hydrogens is 572 g/mol. The Hall–Kier alpha value is -4.51. The van der Waals surface area contributed by atoms with Crippen molar-refractivity contribution in [2.45, 2.75) is 32.0 Å². The summed E-state index contributed by atoms with van der Waals surface area (Å²) < 4.78 is 60.0. The van der Waals surface area contributed by atoms with Crippen LogP contribution in [0.1, 0.15) is 26.5 Å². The van der Waals surface area contributed by atoms with Crippen LogP contribution in [0, 0.1) is 12.7 Å². The maximum atomic E-state index is 13.7. The van der Waals surface area contributed by atoms with Gasteiger partial charge in [-0.15, -0.1) is 11.3 Å². The van der Waals surface area contributed by atoms with Gasteiger partial charge >= 0.3 is 12.1 Å². The van der Waals surface area contributed by atoms with Crippen molar-refractivity contribution >= 4 is 23.1 Å². The van der Waals surface area contributed by atoms with E-state index < -0.39 is 29.7 Å². The molecule has 0 aliphatic heterocycles. The monoisotopic (exact) mass is 598 g/mol. The zero-order valence-electron chi connectivity index (χ0n) is 22.3. The van der Waals surface area contributed by atoms with Gasteiger partial charge in [0.05, 0.1) is 12.3 Å². The van der Waals surface area contributed by atoms with Crippen molar-refractivity contribution < 1.29 is 37.0 Å². The summed E-state index contributed by atoms with van der Waals surface area (Å²) in [5.41, 5.74) is 0.732. The number of nitrogens with zero attached hydrogens (tertiary/aromatic N) is 1. The first kappa shape index (κ1) is 30.4. The maximum Gasteiger partial charge on any atom is 0.431 e. The van der Waals surface area contributed by atoms with Crippen molar-refractivity contribution in [3.63, 3.8) is 0 Å². The quantitative estimate of drug-likeness (QED) is 0.106. The zero-order valence-corrected chi connectivity index (χ0v) is 23.1. The average Bonchev–Trinajstić information content (AvgIpc) is 3.33. The first-order chi connectivity index (χ1) is 20.0. The van der Waals surface area contributed by atoms with Gasteiger partial charge in [0.25, 0.3) is 0 Å². The van der Waals surface area contributed by atoms with Crippen LogP contribution in [-0.4, -0.2) is 40.7 Å². The number of carbonyl (C=O) groups excluding carboxylic acids is 1. The third-order valence-electron chi connectivity index (χ3n) is 6.22. The number of ketones is 1. The van der Waals surface area contributed by atoms with E-state index in [-0.39, 0.29) is 17.8 Å². The summed E-state index contributed by atoms with van der Waals surface area (Å²) in [4.78, 5) is 29.8. The number of hydrogen-bond acceptors (Lipinski definition) is 6. The number of carboxylic acid groups (broad SMARTS) is 1. The first-order valence-electron chi connectivity index (χ1n) is 12.8. The summed E-state index contributed by atoms with van der Waals surface area (Å²) in [5, 5.41) is 12.4. The van der Waals surface area contributed by atoms with Crippen molar-refractivity contribution in [3.05, 3.63) is 118 Å². The molecule has 6 nitrogen and oxygen atoms in total. The highest BCUT2D eigenvalue weighted by atomic mass is 32.1. The van der Waals surface area contributed by atoms with E-state index in [1.165, 1.54) is 47.7 Å². The van der Waals surface area contributed by atoms with Crippen molar-refractivity contribution in [3.8, 4) is 16.3 Å². The minimum atomic E-state index is -4.97. The molecule has 2 N–H and O–H groups in total. The number of alkyl halides is 3. The van der Waals surface area contributed by atoms with Crippen molar-refractivity contribution in [1.82, 2.24) is 10.3 Å². The Morgan fingerprint density at radius 3 is 2.31 bits per heavy atom. The summed E-state index contributed by atoms with van der Waals surface area (Å²) >= 11 is 1.50. The number of halogens is 4. The molecule has 0 aliphatic carbocycles. The number of ether oxygens (including phenoxy) is 1. The van der Waals surface area contributed by atoms with Crippen LogP contribution in [-0.2, 0) is 17.6 Å². The van der Waals surface area contributed by atoms with Gasteiger partial charge in [0, 0.05) is 34.9 Å². The lowest BCUT2D eigenvalue weighted by Gasteiger charge is -2.20. The fourth-order valence-electron chi connectivity index (χ4n) is 4.01. The highest BCUT2D eigenvalue weighted by Gasteiger charge is 2.37. The molecule has 0 amide bonds. The van der Waals surface area contributed by atoms with Gasteiger partial charge in [-0.3, -0.25) is 4.79 Å². The lowest BCUT2D eigenvalue weighted by molar-refractivity contribution is -0.140. The van der Waals surface area contributed by atoms with Gasteiger partial charge in [-0.25, -0.2) is 14.2 Å². The molecule has 0 saturated carbocycles. The van der Waals surface area contributed by atoms with Gasteiger partial charge in [0.15, 0.2) is 5.78 Å². The molecule has 0 radical (unpaired) electrons. The molecule has 218 valence electrons. The molecule has 0 saturated heterocycles. The highest BCUT2D eigenvalue weighted by Crippen LogP contribution is 2.28. The van der Waals surface area contributed by atoms with Gasteiger partial charge in [-0.05, 0) is 48.9 Å². The molecule has 1 aromatic heterocycles. The van der Waals surface area contributed by atoms with Crippen LogP contribution < -0.4 is 10.1 Å². The predicted octanol–water partition coefficient (Wildman–Crippen LogP) is 6.79. The van der Waals surface area contributed by atoms with E-state index in [1.807, 2.05) is 12.2 Å². The second kappa shape index (κ2) is 13.4. The lowest BCUT2D eigenvalue weighted by Crippen LogP contribution is -2.42. The highest BCUT2D eigenvalue weighted by molar-refractivity contribution is 7.15. The average molecular weight is 599 g/mol. The molecule has 0 aliphatic rings. The molecule has 0 fully saturated rings. The lowest BCUT2D eigenvalue weighted by atomic mass is 10.0. The molecular formula is C31H26F4N2O4S. The molecule has 0 bridgehead atoms. The van der Waals surface area contributed by atoms with Crippen molar-refractivity contribution in [2.75, 3.05) is 6.61 Å². The summed E-state index contributed by atoms with van der Waals surface area (Å²) in [6.45, 7) is 2.25. The Bertz CT molecular complexity index is 1550. The fourth-order valence-corrected chi connectivity index (χ4v) is 4.97. The van der Waals surface area contributed by atoms with E-state index in [1.54, 1.807) is 42.5 Å². The SMILES string of the molecule is Cc1sc(-c2ccc(F)cc2)nc1CCOc1ccc(C[C@H](NC(=CC(=O)c2ccccc2)C(F)(F)F)C(=O)O)cc1. The number of hydrogen-bond donors (Lipinski definition) is 2. The number of rotatable bonds is 12. The number of aromatic nitrogens is 1. The number of benzene rings is 3. The third-order valence-corrected chi connectivity index (χ3v) is 7.28. The summed E-state index contributed by atoms with van der Waals surface area (Å²) in [5.74, 6) is -2.23. The van der Waals surface area contributed by atoms with Crippen LogP contribution in [0.25, 0.3) is 10.6 Å². The van der Waals surface area contributed by atoms with Gasteiger partial charge < -0.3 is 15.2 Å². The van der Waals surface area contributed by atoms with E-state index in [0.717, 1.165) is 21.1 Å². The Morgan fingerprint density at radius 2 is 1.69 bits per heavy atom. The van der Waals surface area contributed by atoms with Crippen LogP contribution >= 0.6 is 11.3 Å². The Morgan fingerprint density at radius 1 is 1.02 bits per heavy atom. The van der Waals surface area contributed by atoms with Crippen LogP contribution in [0.3, 0.4) is 0 Å². The first-order valence-corrected chi connectivity index (χ1v) is 13.6. The van der Waals surface area contributed by atoms with Gasteiger partial charge in [0.1, 0.15) is 28.3 Å². The standard InChI is InChI=1S/C31H26F4N2O4S/c1-19-25(37-29(42-19)22-9-11-23(32)12-10-22)15-16-41-24-13-7-20(8-14-24)17-26(30(39)40)36-28(31(33,34)35)18-27(38)21-5-3-2-4-6-21/h2-14,18,26,36H,15-17H2,1H3,(H,39,40)/t26-/m0/s1. The van der Waals surface area contributed by atoms with Crippen LogP contribution in [0.5, 0.6) is 5.75 Å². The third kappa shape index (κ3) is 8.26. The number of aliphatic carboxylic acids is 1. The van der Waals surface area contributed by atoms with Gasteiger partial charge in [-0.1, -0.05) is 42.5 Å². The summed E-state index contributed by atoms with van der Waals surface area (Å²) in [6.07, 6.45) is -4.35. The Balaban J connectivity index is 1.36. The predicted molar refractivity (Wildman–Crippen MR) is 151 cm³/mol. The largest absolute Gasteiger partial charge is 0.493 e. The zero-order chi connectivity index (χ0) is 30.3. The molecule has 3 aromatic carbocycles. The molecule has 1 atom stereocenters. The number of thiazole rings is 1. The van der Waals surface area contributed by atoms with Gasteiger partial charge in [0.2, 0.25) is 0 Å². The van der Waals surface area contributed by atoms with E-state index in [2.05, 4.69) is 4.98 Å². The topological polar surface area (TPSA) is 88.5 Å². The number of carbonyl (C=O) groups is 2. The maximum absolute atomic E-state index is 13.7. The van der Waals surface area contributed by atoms with Crippen LogP contribution in [0.4, 0.5) is 17.6 Å². The number of nitrogens with one attached hydrogen (secondary N) is 1. The van der Waals surface area contributed by atoms with E-state index in [4.69, 9.17) is 4.74 Å². The smallest absolute Gasteiger partial charge is 0.431 e. The fraction of sp³-hybridized carbons (Fsp3) is 0.194. The van der Waals surface area contributed by atoms with Crippen molar-refractivity contribution in [1.29, 1.82) is 0 Å². The Labute approximate surface area is 243 Å². The number of allylic oxidation sites excluding steroid dienone is 2. The minimum Gasteiger partial charge on any atom is -0.493 e. The van der Waals surface area contributed by atoms with E-state index >= 15 is 0 Å². The molecule has 4 aromatic rings. The minimum absolute atomic E-state index is 0.0433. The number of aryl methyl sites for hydroxylation is 1. The second-order valence-electron chi connectivity index (χ2n) is 9.30. The molecule has 4 rings (SSSR count). The van der Waals surface area contributed by atoms with E-state index in [0.29, 0.717) is 30.4 Å². The van der Waals surface area contributed by atoms with Crippen LogP contribution in [0.2, 0.25) is 0 Å². The Kier molecular flexibility index (Phi) is 9.74. The summed E-state index contributed by atoms with van der Waals surface area (Å²) in [7, 11) is 0. The second-order valence-corrected chi connectivity index (χ2v) is 10.5. The molecule has 1 heterocycles. The van der Waals surface area contributed by atoms with Gasteiger partial charge in [-0.2, -0.15) is 13.2 Å². The summed E-state index contributed by atoms with van der Waals surface area (Å²) in [6, 6.07) is 18.2. The number of carboxylic acids is 1. The van der Waals surface area contributed by atoms with Crippen molar-refractivity contribution in [2.24, 2.45) is 0 Å². The normalized spacial score (nSPS) is 12.5.